The van der Waals surface area contributed by atoms with Gasteiger partial charge in [-0.15, -0.1) is 11.8 Å². The van der Waals surface area contributed by atoms with Gasteiger partial charge in [-0.2, -0.15) is 4.98 Å². The molecule has 0 aliphatic heterocycles. The molecule has 0 aliphatic rings. The first-order valence-corrected chi connectivity index (χ1v) is 11.3. The number of aryl methyl sites for hydroxylation is 1. The largest absolute Gasteiger partial charge is 0.494 e. The Balaban J connectivity index is 1.27. The Kier molecular flexibility index (Phi) is 8.79. The van der Waals surface area contributed by atoms with Crippen molar-refractivity contribution in [3.8, 4) is 5.75 Å². The van der Waals surface area contributed by atoms with Crippen molar-refractivity contribution in [2.24, 2.45) is 0 Å². The molecule has 3 aromatic rings. The van der Waals surface area contributed by atoms with Gasteiger partial charge < -0.3 is 9.72 Å². The standard InChI is InChI=1S/C25H28N2O2S/c1-20-19-24(27-25(28)26-20)30-18-8-3-2-7-17-29-23-15-13-22(14-16-23)12-11-21-9-5-4-6-10-21/h4-6,9-16,19H,2-3,7-8,17-18H2,1H3,(H,26,27,28)/b12-11+. The third-order valence-corrected chi connectivity index (χ3v) is 5.56. The van der Waals surface area contributed by atoms with Crippen molar-refractivity contribution >= 4 is 23.9 Å². The molecule has 2 aromatic carbocycles. The van der Waals surface area contributed by atoms with Crippen LogP contribution in [-0.4, -0.2) is 22.3 Å². The smallest absolute Gasteiger partial charge is 0.346 e. The van der Waals surface area contributed by atoms with E-state index in [-0.39, 0.29) is 5.69 Å². The molecule has 0 fully saturated rings. The third-order valence-electron chi connectivity index (χ3n) is 4.56. The first-order valence-electron chi connectivity index (χ1n) is 10.4. The van der Waals surface area contributed by atoms with Crippen molar-refractivity contribution in [2.75, 3.05) is 12.4 Å². The summed E-state index contributed by atoms with van der Waals surface area (Å²) < 4.78 is 5.85. The number of nitrogens with zero attached hydrogens (tertiary/aromatic N) is 1. The second-order valence-electron chi connectivity index (χ2n) is 7.13. The average Bonchev–Trinajstić information content (AvgIpc) is 2.75. The summed E-state index contributed by atoms with van der Waals surface area (Å²) in [6.07, 6.45) is 8.67. The van der Waals surface area contributed by atoms with Gasteiger partial charge in [0, 0.05) is 5.69 Å². The normalized spacial score (nSPS) is 11.1. The van der Waals surface area contributed by atoms with Crippen molar-refractivity contribution in [3.05, 3.63) is 88.0 Å². The molecule has 1 N–H and O–H groups in total. The lowest BCUT2D eigenvalue weighted by molar-refractivity contribution is 0.305. The average molecular weight is 421 g/mol. The fourth-order valence-electron chi connectivity index (χ4n) is 2.98. The Bertz CT molecular complexity index is 982. The zero-order valence-corrected chi connectivity index (χ0v) is 18.2. The number of aromatic amines is 1. The maximum Gasteiger partial charge on any atom is 0.346 e. The zero-order chi connectivity index (χ0) is 21.0. The lowest BCUT2D eigenvalue weighted by Crippen LogP contribution is -2.11. The molecule has 1 aromatic heterocycles. The van der Waals surface area contributed by atoms with E-state index in [0.717, 1.165) is 60.1 Å². The summed E-state index contributed by atoms with van der Waals surface area (Å²) in [5, 5.41) is 0.807. The van der Waals surface area contributed by atoms with Crippen molar-refractivity contribution in [1.29, 1.82) is 0 Å². The highest BCUT2D eigenvalue weighted by atomic mass is 32.2. The monoisotopic (exact) mass is 420 g/mol. The molecule has 0 saturated heterocycles. The number of hydrogen-bond donors (Lipinski definition) is 1. The van der Waals surface area contributed by atoms with Crippen LogP contribution in [0.5, 0.6) is 5.75 Å². The van der Waals surface area contributed by atoms with Crippen LogP contribution in [0.3, 0.4) is 0 Å². The van der Waals surface area contributed by atoms with Crippen molar-refractivity contribution in [1.82, 2.24) is 9.97 Å². The van der Waals surface area contributed by atoms with Gasteiger partial charge >= 0.3 is 5.69 Å². The van der Waals surface area contributed by atoms with Crippen molar-refractivity contribution in [3.63, 3.8) is 0 Å². The SMILES string of the molecule is Cc1cc(SCCCCCCOc2ccc(/C=C/c3ccccc3)cc2)nc(=O)[nH]1. The van der Waals surface area contributed by atoms with Crippen LogP contribution in [0.25, 0.3) is 12.2 Å². The second kappa shape index (κ2) is 12.0. The number of rotatable bonds is 11. The predicted octanol–water partition coefficient (Wildman–Crippen LogP) is 5.98. The fraction of sp³-hybridized carbons (Fsp3) is 0.280. The third kappa shape index (κ3) is 7.91. The molecule has 4 nitrogen and oxygen atoms in total. The van der Waals surface area contributed by atoms with E-state index >= 15 is 0 Å². The molecule has 0 radical (unpaired) electrons. The summed E-state index contributed by atoms with van der Waals surface area (Å²) in [5.74, 6) is 1.90. The van der Waals surface area contributed by atoms with Crippen LogP contribution >= 0.6 is 11.8 Å². The summed E-state index contributed by atoms with van der Waals surface area (Å²) in [7, 11) is 0. The summed E-state index contributed by atoms with van der Waals surface area (Å²) in [6, 6.07) is 20.4. The number of thioether (sulfide) groups is 1. The predicted molar refractivity (Wildman–Crippen MR) is 126 cm³/mol. The zero-order valence-electron chi connectivity index (χ0n) is 17.3. The fourth-order valence-corrected chi connectivity index (χ4v) is 3.95. The Morgan fingerprint density at radius 1 is 0.933 bits per heavy atom. The second-order valence-corrected chi connectivity index (χ2v) is 8.25. The van der Waals surface area contributed by atoms with Gasteiger partial charge in [0.2, 0.25) is 0 Å². The van der Waals surface area contributed by atoms with E-state index in [1.165, 1.54) is 5.56 Å². The van der Waals surface area contributed by atoms with Crippen molar-refractivity contribution < 1.29 is 4.74 Å². The van der Waals surface area contributed by atoms with Gasteiger partial charge in [0.05, 0.1) is 6.61 Å². The molecule has 3 rings (SSSR count). The first-order chi connectivity index (χ1) is 14.7. The molecule has 30 heavy (non-hydrogen) atoms. The van der Waals surface area contributed by atoms with E-state index in [4.69, 9.17) is 4.74 Å². The molecule has 0 atom stereocenters. The van der Waals surface area contributed by atoms with Gasteiger partial charge in [-0.25, -0.2) is 4.79 Å². The lowest BCUT2D eigenvalue weighted by Gasteiger charge is -2.06. The maximum atomic E-state index is 11.3. The number of aromatic nitrogens is 2. The molecule has 0 saturated carbocycles. The van der Waals surface area contributed by atoms with E-state index < -0.39 is 0 Å². The maximum absolute atomic E-state index is 11.3. The molecule has 0 aliphatic carbocycles. The number of hydrogen-bond acceptors (Lipinski definition) is 4. The minimum atomic E-state index is -0.269. The molecule has 0 spiro atoms. The molecule has 0 unspecified atom stereocenters. The van der Waals surface area contributed by atoms with Crippen LogP contribution < -0.4 is 10.4 Å². The Morgan fingerprint density at radius 2 is 1.63 bits per heavy atom. The van der Waals surface area contributed by atoms with Gasteiger partial charge in [0.25, 0.3) is 0 Å². The summed E-state index contributed by atoms with van der Waals surface area (Å²) in [5.41, 5.74) is 2.94. The van der Waals surface area contributed by atoms with E-state index in [1.54, 1.807) is 11.8 Å². The number of unbranched alkanes of at least 4 members (excludes halogenated alkanes) is 3. The van der Waals surface area contributed by atoms with E-state index in [2.05, 4.69) is 46.4 Å². The van der Waals surface area contributed by atoms with E-state index in [1.807, 2.05) is 43.3 Å². The molecule has 156 valence electrons. The van der Waals surface area contributed by atoms with Crippen LogP contribution in [0.1, 0.15) is 42.5 Å². The lowest BCUT2D eigenvalue weighted by atomic mass is 10.1. The van der Waals surface area contributed by atoms with Crippen LogP contribution in [0, 0.1) is 6.92 Å². The Hall–Kier alpha value is -2.79. The highest BCUT2D eigenvalue weighted by Gasteiger charge is 2.00. The number of nitrogens with one attached hydrogen (secondary N) is 1. The minimum Gasteiger partial charge on any atom is -0.494 e. The van der Waals surface area contributed by atoms with Gasteiger partial charge in [-0.05, 0) is 54.8 Å². The topological polar surface area (TPSA) is 55.0 Å². The summed E-state index contributed by atoms with van der Waals surface area (Å²) in [6.45, 7) is 2.61. The van der Waals surface area contributed by atoms with E-state index in [9.17, 15) is 4.79 Å². The van der Waals surface area contributed by atoms with Gasteiger partial charge in [0.1, 0.15) is 10.8 Å². The minimum absolute atomic E-state index is 0.269. The molecule has 0 bridgehead atoms. The number of ether oxygens (including phenoxy) is 1. The summed E-state index contributed by atoms with van der Waals surface area (Å²) >= 11 is 1.65. The van der Waals surface area contributed by atoms with Gasteiger partial charge in [-0.3, -0.25) is 0 Å². The number of benzene rings is 2. The molecular formula is C25H28N2O2S. The quantitative estimate of drug-likeness (QED) is 0.179. The van der Waals surface area contributed by atoms with Crippen LogP contribution in [-0.2, 0) is 0 Å². The van der Waals surface area contributed by atoms with Crippen LogP contribution in [0.4, 0.5) is 0 Å². The molecule has 0 amide bonds. The summed E-state index contributed by atoms with van der Waals surface area (Å²) in [4.78, 5) is 18.0. The van der Waals surface area contributed by atoms with Crippen LogP contribution in [0.15, 0.2) is 70.5 Å². The van der Waals surface area contributed by atoms with E-state index in [0.29, 0.717) is 0 Å². The van der Waals surface area contributed by atoms with Crippen LogP contribution in [0.2, 0.25) is 0 Å². The van der Waals surface area contributed by atoms with Crippen molar-refractivity contribution in [2.45, 2.75) is 37.6 Å². The van der Waals surface area contributed by atoms with Gasteiger partial charge in [0.15, 0.2) is 0 Å². The first kappa shape index (κ1) is 21.9. The number of H-pyrrole nitrogens is 1. The molecule has 1 heterocycles. The highest BCUT2D eigenvalue weighted by molar-refractivity contribution is 7.99. The Labute approximate surface area is 182 Å². The van der Waals surface area contributed by atoms with Gasteiger partial charge in [-0.1, -0.05) is 67.5 Å². The Morgan fingerprint density at radius 3 is 2.37 bits per heavy atom. The highest BCUT2D eigenvalue weighted by Crippen LogP contribution is 2.18. The molecular weight excluding hydrogens is 392 g/mol. The molecule has 5 heteroatoms.